The Labute approximate surface area is 102 Å². The number of morpholine rings is 1. The predicted molar refractivity (Wildman–Crippen MR) is 63.5 cm³/mol. The first-order valence-corrected chi connectivity index (χ1v) is 5.95. The molecule has 0 aromatic heterocycles. The molecule has 0 aliphatic carbocycles. The van der Waals surface area contributed by atoms with Gasteiger partial charge in [-0.2, -0.15) is 0 Å². The standard InChI is InChI=1S/C11H21N3O3/c1-3-14(2)11(16)7-13-10(15)6-9-8-17-5-4-12-9/h9,12H,3-8H2,1-2H3,(H,13,15). The van der Waals surface area contributed by atoms with Crippen molar-refractivity contribution in [2.45, 2.75) is 19.4 Å². The Morgan fingerprint density at radius 1 is 1.53 bits per heavy atom. The molecule has 1 atom stereocenters. The van der Waals surface area contributed by atoms with Gasteiger partial charge in [0.15, 0.2) is 0 Å². The van der Waals surface area contributed by atoms with Crippen molar-refractivity contribution in [3.8, 4) is 0 Å². The van der Waals surface area contributed by atoms with Gasteiger partial charge in [-0.15, -0.1) is 0 Å². The average Bonchev–Trinajstić information content (AvgIpc) is 2.36. The van der Waals surface area contributed by atoms with E-state index < -0.39 is 0 Å². The van der Waals surface area contributed by atoms with E-state index in [0.717, 1.165) is 6.54 Å². The van der Waals surface area contributed by atoms with Gasteiger partial charge in [0.1, 0.15) is 0 Å². The fourth-order valence-electron chi connectivity index (χ4n) is 1.53. The quantitative estimate of drug-likeness (QED) is 0.647. The summed E-state index contributed by atoms with van der Waals surface area (Å²) in [5, 5.41) is 5.81. The van der Waals surface area contributed by atoms with Gasteiger partial charge in [0.25, 0.3) is 0 Å². The molecule has 17 heavy (non-hydrogen) atoms. The Hall–Kier alpha value is -1.14. The monoisotopic (exact) mass is 243 g/mol. The molecule has 0 radical (unpaired) electrons. The number of rotatable bonds is 5. The van der Waals surface area contributed by atoms with Crippen molar-refractivity contribution >= 4 is 11.8 Å². The summed E-state index contributed by atoms with van der Waals surface area (Å²) in [4.78, 5) is 24.6. The molecule has 1 saturated heterocycles. The number of likely N-dealkylation sites (N-methyl/N-ethyl adjacent to an activating group) is 1. The van der Waals surface area contributed by atoms with Crippen molar-refractivity contribution in [2.24, 2.45) is 0 Å². The molecule has 0 saturated carbocycles. The minimum absolute atomic E-state index is 0.0581. The van der Waals surface area contributed by atoms with Crippen LogP contribution in [0.4, 0.5) is 0 Å². The zero-order chi connectivity index (χ0) is 12.7. The predicted octanol–water partition coefficient (Wildman–Crippen LogP) is -1.04. The molecule has 1 rings (SSSR count). The molecule has 0 bridgehead atoms. The Bertz CT molecular complexity index is 265. The first kappa shape index (κ1) is 13.9. The minimum atomic E-state index is -0.120. The molecule has 1 aliphatic heterocycles. The van der Waals surface area contributed by atoms with Crippen molar-refractivity contribution in [3.63, 3.8) is 0 Å². The highest BCUT2D eigenvalue weighted by molar-refractivity contribution is 5.84. The van der Waals surface area contributed by atoms with Crippen LogP contribution in [0.15, 0.2) is 0 Å². The molecule has 6 heteroatoms. The number of carbonyl (C=O) groups is 2. The van der Waals surface area contributed by atoms with E-state index >= 15 is 0 Å². The van der Waals surface area contributed by atoms with Gasteiger partial charge in [-0.05, 0) is 6.92 Å². The van der Waals surface area contributed by atoms with E-state index in [9.17, 15) is 9.59 Å². The second-order valence-electron chi connectivity index (χ2n) is 4.11. The number of carbonyl (C=O) groups excluding carboxylic acids is 2. The first-order chi connectivity index (χ1) is 8.13. The summed E-state index contributed by atoms with van der Waals surface area (Å²) >= 11 is 0. The molecule has 0 spiro atoms. The van der Waals surface area contributed by atoms with Crippen LogP contribution in [-0.4, -0.2) is 62.7 Å². The summed E-state index contributed by atoms with van der Waals surface area (Å²) in [6.07, 6.45) is 0.350. The zero-order valence-corrected chi connectivity index (χ0v) is 10.5. The topological polar surface area (TPSA) is 70.7 Å². The smallest absolute Gasteiger partial charge is 0.241 e. The van der Waals surface area contributed by atoms with E-state index in [-0.39, 0.29) is 24.4 Å². The molecule has 1 unspecified atom stereocenters. The number of hydrogen-bond donors (Lipinski definition) is 2. The largest absolute Gasteiger partial charge is 0.378 e. The molecule has 0 aromatic carbocycles. The fourth-order valence-corrected chi connectivity index (χ4v) is 1.53. The normalized spacial score (nSPS) is 19.8. The van der Waals surface area contributed by atoms with Crippen LogP contribution in [0.3, 0.4) is 0 Å². The minimum Gasteiger partial charge on any atom is -0.378 e. The van der Waals surface area contributed by atoms with E-state index in [4.69, 9.17) is 4.74 Å². The van der Waals surface area contributed by atoms with Gasteiger partial charge in [0.05, 0.1) is 19.8 Å². The van der Waals surface area contributed by atoms with Crippen LogP contribution in [0.2, 0.25) is 0 Å². The van der Waals surface area contributed by atoms with Crippen LogP contribution < -0.4 is 10.6 Å². The SMILES string of the molecule is CCN(C)C(=O)CNC(=O)CC1COCCN1. The Kier molecular flexibility index (Phi) is 5.93. The lowest BCUT2D eigenvalue weighted by molar-refractivity contribution is -0.132. The number of amides is 2. The molecule has 2 N–H and O–H groups in total. The maximum atomic E-state index is 11.5. The van der Waals surface area contributed by atoms with Crippen LogP contribution in [0, 0.1) is 0 Å². The van der Waals surface area contributed by atoms with Gasteiger partial charge in [-0.3, -0.25) is 9.59 Å². The maximum Gasteiger partial charge on any atom is 0.241 e. The molecule has 1 fully saturated rings. The fraction of sp³-hybridized carbons (Fsp3) is 0.818. The third-order valence-corrected chi connectivity index (χ3v) is 2.77. The third-order valence-electron chi connectivity index (χ3n) is 2.77. The summed E-state index contributed by atoms with van der Waals surface area (Å²) in [5.74, 6) is -0.195. The van der Waals surface area contributed by atoms with E-state index in [1.807, 2.05) is 6.92 Å². The summed E-state index contributed by atoms with van der Waals surface area (Å²) in [6.45, 7) is 4.62. The van der Waals surface area contributed by atoms with E-state index in [1.54, 1.807) is 11.9 Å². The van der Waals surface area contributed by atoms with Crippen molar-refractivity contribution < 1.29 is 14.3 Å². The Morgan fingerprint density at radius 3 is 2.88 bits per heavy atom. The summed E-state index contributed by atoms with van der Waals surface area (Å²) in [5.41, 5.74) is 0. The van der Waals surface area contributed by atoms with Gasteiger partial charge in [0, 0.05) is 32.6 Å². The highest BCUT2D eigenvalue weighted by Crippen LogP contribution is 1.97. The zero-order valence-electron chi connectivity index (χ0n) is 10.5. The molecule has 2 amide bonds. The van der Waals surface area contributed by atoms with Gasteiger partial charge < -0.3 is 20.3 Å². The molecule has 6 nitrogen and oxygen atoms in total. The number of hydrogen-bond acceptors (Lipinski definition) is 4. The Morgan fingerprint density at radius 2 is 2.29 bits per heavy atom. The lowest BCUT2D eigenvalue weighted by Gasteiger charge is -2.23. The second-order valence-corrected chi connectivity index (χ2v) is 4.11. The lowest BCUT2D eigenvalue weighted by atomic mass is 10.2. The summed E-state index contributed by atoms with van der Waals surface area (Å²) < 4.78 is 5.25. The lowest BCUT2D eigenvalue weighted by Crippen LogP contribution is -2.45. The highest BCUT2D eigenvalue weighted by atomic mass is 16.5. The van der Waals surface area contributed by atoms with Crippen LogP contribution in [0.25, 0.3) is 0 Å². The van der Waals surface area contributed by atoms with Crippen LogP contribution in [-0.2, 0) is 14.3 Å². The molecule has 98 valence electrons. The van der Waals surface area contributed by atoms with Gasteiger partial charge in [-0.25, -0.2) is 0 Å². The van der Waals surface area contributed by atoms with E-state index in [0.29, 0.717) is 26.2 Å². The van der Waals surface area contributed by atoms with E-state index in [1.165, 1.54) is 0 Å². The highest BCUT2D eigenvalue weighted by Gasteiger charge is 2.17. The molecule has 0 aromatic rings. The van der Waals surface area contributed by atoms with Gasteiger partial charge >= 0.3 is 0 Å². The third kappa shape index (κ3) is 5.14. The number of nitrogens with zero attached hydrogens (tertiary/aromatic N) is 1. The Balaban J connectivity index is 2.18. The summed E-state index contributed by atoms with van der Waals surface area (Å²) in [7, 11) is 1.71. The van der Waals surface area contributed by atoms with Crippen LogP contribution >= 0.6 is 0 Å². The van der Waals surface area contributed by atoms with E-state index in [2.05, 4.69) is 10.6 Å². The molecular formula is C11H21N3O3. The van der Waals surface area contributed by atoms with Crippen LogP contribution in [0.5, 0.6) is 0 Å². The van der Waals surface area contributed by atoms with Crippen LogP contribution in [0.1, 0.15) is 13.3 Å². The number of ether oxygens (including phenoxy) is 1. The maximum absolute atomic E-state index is 11.5. The summed E-state index contributed by atoms with van der Waals surface area (Å²) in [6, 6.07) is 0.0581. The molecule has 1 heterocycles. The van der Waals surface area contributed by atoms with Gasteiger partial charge in [0.2, 0.25) is 11.8 Å². The first-order valence-electron chi connectivity index (χ1n) is 5.95. The van der Waals surface area contributed by atoms with Gasteiger partial charge in [-0.1, -0.05) is 0 Å². The average molecular weight is 243 g/mol. The number of nitrogens with one attached hydrogen (secondary N) is 2. The van der Waals surface area contributed by atoms with Crippen molar-refractivity contribution in [1.82, 2.24) is 15.5 Å². The van der Waals surface area contributed by atoms with Crippen molar-refractivity contribution in [2.75, 3.05) is 39.9 Å². The van der Waals surface area contributed by atoms with Crippen molar-refractivity contribution in [1.29, 1.82) is 0 Å². The second kappa shape index (κ2) is 7.24. The van der Waals surface area contributed by atoms with Crippen molar-refractivity contribution in [3.05, 3.63) is 0 Å². The molecular weight excluding hydrogens is 222 g/mol. The molecule has 1 aliphatic rings.